The van der Waals surface area contributed by atoms with Gasteiger partial charge in [-0.25, -0.2) is 4.98 Å². The second-order valence-electron chi connectivity index (χ2n) is 2.97. The molecule has 1 atom stereocenters. The van der Waals surface area contributed by atoms with Crippen molar-refractivity contribution in [2.24, 2.45) is 0 Å². The van der Waals surface area contributed by atoms with Crippen LogP contribution in [0.3, 0.4) is 0 Å². The van der Waals surface area contributed by atoms with Crippen molar-refractivity contribution in [3.05, 3.63) is 22.7 Å². The van der Waals surface area contributed by atoms with E-state index in [2.05, 4.69) is 4.98 Å². The van der Waals surface area contributed by atoms with Gasteiger partial charge in [0.25, 0.3) is 5.56 Å². The van der Waals surface area contributed by atoms with E-state index in [0.717, 1.165) is 11.8 Å². The molecule has 0 saturated carbocycles. The first-order chi connectivity index (χ1) is 7.19. The van der Waals surface area contributed by atoms with Crippen LogP contribution < -0.4 is 5.56 Å². The summed E-state index contributed by atoms with van der Waals surface area (Å²) in [4.78, 5) is 15.6. The molecule has 84 valence electrons. The van der Waals surface area contributed by atoms with E-state index in [0.29, 0.717) is 11.6 Å². The number of hydrogen-bond acceptors (Lipinski definition) is 5. The van der Waals surface area contributed by atoms with Crippen LogP contribution in [0.5, 0.6) is 0 Å². The van der Waals surface area contributed by atoms with Crippen LogP contribution >= 0.6 is 11.8 Å². The lowest BCUT2D eigenvalue weighted by molar-refractivity contribution is 0.113. The molecule has 5 nitrogen and oxygen atoms in total. The number of nitrogens with zero attached hydrogens (tertiary/aromatic N) is 2. The van der Waals surface area contributed by atoms with Gasteiger partial charge < -0.3 is 14.8 Å². The smallest absolute Gasteiger partial charge is 0.283 e. The first kappa shape index (κ1) is 12.2. The Bertz CT molecular complexity index is 367. The zero-order valence-electron chi connectivity index (χ0n) is 8.46. The quantitative estimate of drug-likeness (QED) is 0.680. The largest absolute Gasteiger partial charge is 0.394 e. The summed E-state index contributed by atoms with van der Waals surface area (Å²) < 4.78 is 1.54. The van der Waals surface area contributed by atoms with E-state index in [-0.39, 0.29) is 17.9 Å². The molecule has 0 aliphatic heterocycles. The average molecular weight is 230 g/mol. The van der Waals surface area contributed by atoms with E-state index in [1.807, 2.05) is 6.92 Å². The molecule has 1 aromatic rings. The Morgan fingerprint density at radius 1 is 1.67 bits per heavy atom. The Balaban J connectivity index is 2.73. The molecular formula is C9H14N2O3S. The van der Waals surface area contributed by atoms with E-state index in [4.69, 9.17) is 10.2 Å². The number of thioether (sulfide) groups is 1. The first-order valence-corrected chi connectivity index (χ1v) is 5.64. The number of rotatable bonds is 5. The minimum atomic E-state index is -0.813. The SMILES string of the molecule is CCn1ccnc(SCC(O)CO)c1=O. The van der Waals surface area contributed by atoms with Gasteiger partial charge in [0, 0.05) is 24.7 Å². The van der Waals surface area contributed by atoms with Crippen LogP contribution in [0.15, 0.2) is 22.2 Å². The van der Waals surface area contributed by atoms with Crippen molar-refractivity contribution in [2.75, 3.05) is 12.4 Å². The van der Waals surface area contributed by atoms with E-state index in [1.54, 1.807) is 17.0 Å². The van der Waals surface area contributed by atoms with Gasteiger partial charge in [0.05, 0.1) is 12.7 Å². The van der Waals surface area contributed by atoms with Gasteiger partial charge in [0.15, 0.2) is 5.03 Å². The van der Waals surface area contributed by atoms with Crippen LogP contribution in [0.25, 0.3) is 0 Å². The van der Waals surface area contributed by atoms with E-state index in [9.17, 15) is 4.79 Å². The number of hydrogen-bond donors (Lipinski definition) is 2. The summed E-state index contributed by atoms with van der Waals surface area (Å²) in [6, 6.07) is 0. The van der Waals surface area contributed by atoms with Gasteiger partial charge in [-0.3, -0.25) is 4.79 Å². The van der Waals surface area contributed by atoms with Crippen LogP contribution in [0.2, 0.25) is 0 Å². The van der Waals surface area contributed by atoms with E-state index in [1.165, 1.54) is 0 Å². The van der Waals surface area contributed by atoms with Crippen LogP contribution in [0.1, 0.15) is 6.92 Å². The molecule has 1 aromatic heterocycles. The Morgan fingerprint density at radius 2 is 2.40 bits per heavy atom. The summed E-state index contributed by atoms with van der Waals surface area (Å²) in [6.45, 7) is 2.16. The number of aliphatic hydroxyl groups is 2. The van der Waals surface area contributed by atoms with Gasteiger partial charge in [-0.2, -0.15) is 0 Å². The van der Waals surface area contributed by atoms with Crippen molar-refractivity contribution in [2.45, 2.75) is 24.6 Å². The van der Waals surface area contributed by atoms with Gasteiger partial charge in [0.1, 0.15) is 0 Å². The van der Waals surface area contributed by atoms with Crippen molar-refractivity contribution < 1.29 is 10.2 Å². The molecular weight excluding hydrogens is 216 g/mol. The minimum Gasteiger partial charge on any atom is -0.394 e. The fraction of sp³-hybridized carbons (Fsp3) is 0.556. The molecule has 0 radical (unpaired) electrons. The van der Waals surface area contributed by atoms with Crippen LogP contribution in [-0.4, -0.2) is 38.2 Å². The molecule has 0 saturated heterocycles. The normalized spacial score (nSPS) is 12.7. The molecule has 0 aliphatic rings. The zero-order chi connectivity index (χ0) is 11.3. The number of aliphatic hydroxyl groups excluding tert-OH is 2. The molecule has 6 heteroatoms. The molecule has 1 heterocycles. The molecule has 0 amide bonds. The second kappa shape index (κ2) is 5.89. The third-order valence-corrected chi connectivity index (χ3v) is 2.95. The molecule has 1 unspecified atom stereocenters. The molecule has 0 spiro atoms. The van der Waals surface area contributed by atoms with E-state index >= 15 is 0 Å². The molecule has 1 rings (SSSR count). The Kier molecular flexibility index (Phi) is 4.80. The van der Waals surface area contributed by atoms with Crippen molar-refractivity contribution >= 4 is 11.8 Å². The third-order valence-electron chi connectivity index (χ3n) is 1.85. The van der Waals surface area contributed by atoms with Gasteiger partial charge in [-0.15, -0.1) is 0 Å². The highest BCUT2D eigenvalue weighted by molar-refractivity contribution is 7.99. The molecule has 15 heavy (non-hydrogen) atoms. The third kappa shape index (κ3) is 3.33. The summed E-state index contributed by atoms with van der Waals surface area (Å²) in [5.41, 5.74) is -0.157. The first-order valence-electron chi connectivity index (χ1n) is 4.66. The minimum absolute atomic E-state index is 0.157. The maximum absolute atomic E-state index is 11.6. The van der Waals surface area contributed by atoms with Crippen molar-refractivity contribution in [1.29, 1.82) is 0 Å². The highest BCUT2D eigenvalue weighted by Gasteiger charge is 2.08. The zero-order valence-corrected chi connectivity index (χ0v) is 9.28. The summed E-state index contributed by atoms with van der Waals surface area (Å²) in [6.07, 6.45) is 2.36. The molecule has 0 fully saturated rings. The molecule has 0 aromatic carbocycles. The van der Waals surface area contributed by atoms with Crippen LogP contribution in [-0.2, 0) is 6.54 Å². The Hall–Kier alpha value is -0.850. The number of aromatic nitrogens is 2. The predicted octanol–water partition coefficient (Wildman–Crippen LogP) is -0.291. The van der Waals surface area contributed by atoms with Gasteiger partial charge in [-0.05, 0) is 6.92 Å². The lowest BCUT2D eigenvalue weighted by atomic mass is 10.4. The molecule has 2 N–H and O–H groups in total. The van der Waals surface area contributed by atoms with E-state index < -0.39 is 6.10 Å². The van der Waals surface area contributed by atoms with Crippen molar-refractivity contribution in [3.63, 3.8) is 0 Å². The fourth-order valence-corrected chi connectivity index (χ4v) is 1.83. The maximum Gasteiger partial charge on any atom is 0.283 e. The summed E-state index contributed by atoms with van der Waals surface area (Å²) in [5.74, 6) is 0.270. The lowest BCUT2D eigenvalue weighted by Crippen LogP contribution is -2.22. The van der Waals surface area contributed by atoms with Gasteiger partial charge >= 0.3 is 0 Å². The fourth-order valence-electron chi connectivity index (χ4n) is 1.00. The lowest BCUT2D eigenvalue weighted by Gasteiger charge is -2.06. The van der Waals surface area contributed by atoms with Crippen molar-refractivity contribution in [1.82, 2.24) is 9.55 Å². The van der Waals surface area contributed by atoms with Gasteiger partial charge in [0.2, 0.25) is 0 Å². The highest BCUT2D eigenvalue weighted by atomic mass is 32.2. The molecule has 0 bridgehead atoms. The maximum atomic E-state index is 11.6. The monoisotopic (exact) mass is 230 g/mol. The summed E-state index contributed by atoms with van der Waals surface area (Å²) in [7, 11) is 0. The Morgan fingerprint density at radius 3 is 3.00 bits per heavy atom. The van der Waals surface area contributed by atoms with Gasteiger partial charge in [-0.1, -0.05) is 11.8 Å². The second-order valence-corrected chi connectivity index (χ2v) is 3.98. The molecule has 0 aliphatic carbocycles. The number of aryl methyl sites for hydroxylation is 1. The predicted molar refractivity (Wildman–Crippen MR) is 58.0 cm³/mol. The van der Waals surface area contributed by atoms with Crippen LogP contribution in [0, 0.1) is 0 Å². The topological polar surface area (TPSA) is 75.3 Å². The van der Waals surface area contributed by atoms with Crippen molar-refractivity contribution in [3.8, 4) is 0 Å². The standard InChI is InChI=1S/C9H14N2O3S/c1-2-11-4-3-10-8(9(11)14)15-6-7(13)5-12/h3-4,7,12-13H,2,5-6H2,1H3. The summed E-state index contributed by atoms with van der Waals surface area (Å²) >= 11 is 1.15. The summed E-state index contributed by atoms with van der Waals surface area (Å²) in [5, 5.41) is 18.1. The highest BCUT2D eigenvalue weighted by Crippen LogP contribution is 2.10. The average Bonchev–Trinajstić information content (AvgIpc) is 2.27. The Labute approximate surface area is 91.8 Å². The van der Waals surface area contributed by atoms with Crippen LogP contribution in [0.4, 0.5) is 0 Å².